The number of para-hydroxylation sites is 2. The number of piperidine rings is 1. The van der Waals surface area contributed by atoms with Crippen LogP contribution in [0.1, 0.15) is 44.2 Å². The van der Waals surface area contributed by atoms with Gasteiger partial charge in [-0.25, -0.2) is 4.79 Å². The number of unbranched alkanes of at least 4 members (excludes halogenated alkanes) is 1. The predicted molar refractivity (Wildman–Crippen MR) is 137 cm³/mol. The molecule has 1 aliphatic heterocycles. The first-order valence-corrected chi connectivity index (χ1v) is 12.4. The molecule has 1 saturated heterocycles. The zero-order chi connectivity index (χ0) is 24.5. The summed E-state index contributed by atoms with van der Waals surface area (Å²) >= 11 is 6.18. The van der Waals surface area contributed by atoms with E-state index in [4.69, 9.17) is 21.4 Å². The third-order valence-corrected chi connectivity index (χ3v) is 6.34. The molecule has 2 aromatic carbocycles. The lowest BCUT2D eigenvalue weighted by Crippen LogP contribution is -2.42. The highest BCUT2D eigenvalue weighted by Crippen LogP contribution is 2.26. The van der Waals surface area contributed by atoms with Crippen LogP contribution < -0.4 is 10.4 Å². The van der Waals surface area contributed by atoms with E-state index >= 15 is 0 Å². The minimum Gasteiger partial charge on any atom is -0.489 e. The lowest BCUT2D eigenvalue weighted by molar-refractivity contribution is 0.0559. The molecule has 186 valence electrons. The number of aryl methyl sites for hydroxylation is 1. The monoisotopic (exact) mass is 489 g/mol. The quantitative estimate of drug-likeness (QED) is 0.442. The maximum atomic E-state index is 12.4. The standard InChI is InChI=1S/C22H26ClN3O3.C4H10O/c1-15-6-7-21(18(23)12-15)29-14-17(27)13-25-10-8-16(9-11-25)26-20-5-3-2-4-19(20)24-22(26)28;1-2-3-4-5/h2-7,12,16-17,27H,8-11,13-14H2,1H3,(H,24,28);5H,2-4H2,1H3. The van der Waals surface area contributed by atoms with Gasteiger partial charge in [0, 0.05) is 32.3 Å². The van der Waals surface area contributed by atoms with Crippen molar-refractivity contribution in [3.05, 3.63) is 63.5 Å². The van der Waals surface area contributed by atoms with E-state index in [1.165, 1.54) is 0 Å². The molecular formula is C26H36ClN3O4. The number of nitrogens with one attached hydrogen (secondary N) is 1. The second kappa shape index (κ2) is 13.0. The molecule has 1 aliphatic rings. The predicted octanol–water partition coefficient (Wildman–Crippen LogP) is 4.15. The van der Waals surface area contributed by atoms with E-state index in [1.807, 2.05) is 54.0 Å². The molecule has 3 N–H and O–H groups in total. The number of nitrogens with zero attached hydrogens (tertiary/aromatic N) is 2. The summed E-state index contributed by atoms with van der Waals surface area (Å²) < 4.78 is 7.56. The zero-order valence-corrected chi connectivity index (χ0v) is 20.8. The van der Waals surface area contributed by atoms with Crippen molar-refractivity contribution in [1.29, 1.82) is 0 Å². The number of halogens is 1. The smallest absolute Gasteiger partial charge is 0.326 e. The first-order chi connectivity index (χ1) is 16.4. The molecule has 4 rings (SSSR count). The Labute approximate surface area is 205 Å². The number of H-pyrrole nitrogens is 1. The molecule has 0 aliphatic carbocycles. The van der Waals surface area contributed by atoms with Crippen molar-refractivity contribution >= 4 is 22.6 Å². The van der Waals surface area contributed by atoms with Crippen LogP contribution in [0.25, 0.3) is 11.0 Å². The lowest BCUT2D eigenvalue weighted by atomic mass is 10.0. The van der Waals surface area contributed by atoms with E-state index in [1.54, 1.807) is 0 Å². The fourth-order valence-corrected chi connectivity index (χ4v) is 4.50. The second-order valence-electron chi connectivity index (χ2n) is 8.82. The average Bonchev–Trinajstić information content (AvgIpc) is 3.16. The van der Waals surface area contributed by atoms with Crippen LogP contribution in [0.3, 0.4) is 0 Å². The number of imidazole rings is 1. The molecule has 8 heteroatoms. The number of benzene rings is 2. The molecule has 1 unspecified atom stereocenters. The van der Waals surface area contributed by atoms with Gasteiger partial charge >= 0.3 is 5.69 Å². The number of aromatic amines is 1. The highest BCUT2D eigenvalue weighted by atomic mass is 35.5. The maximum Gasteiger partial charge on any atom is 0.326 e. The van der Waals surface area contributed by atoms with Crippen molar-refractivity contribution in [3.63, 3.8) is 0 Å². The van der Waals surface area contributed by atoms with Gasteiger partial charge in [0.2, 0.25) is 0 Å². The Morgan fingerprint density at radius 2 is 1.94 bits per heavy atom. The molecule has 1 aromatic heterocycles. The first kappa shape index (κ1) is 26.3. The number of likely N-dealkylation sites (tertiary alicyclic amines) is 1. The van der Waals surface area contributed by atoms with E-state index in [0.29, 0.717) is 23.9 Å². The minimum absolute atomic E-state index is 0.0481. The Balaban J connectivity index is 0.000000588. The summed E-state index contributed by atoms with van der Waals surface area (Å²) in [6, 6.07) is 13.6. The van der Waals surface area contributed by atoms with Gasteiger partial charge < -0.3 is 24.8 Å². The Hall–Kier alpha value is -2.32. The molecule has 0 amide bonds. The molecule has 34 heavy (non-hydrogen) atoms. The third kappa shape index (κ3) is 7.09. The Morgan fingerprint density at radius 1 is 1.21 bits per heavy atom. The van der Waals surface area contributed by atoms with E-state index in [-0.39, 0.29) is 18.3 Å². The second-order valence-corrected chi connectivity index (χ2v) is 9.23. The Kier molecular flexibility index (Phi) is 10.0. The van der Waals surface area contributed by atoms with Crippen LogP contribution in [-0.4, -0.2) is 63.6 Å². The van der Waals surface area contributed by atoms with Gasteiger partial charge in [-0.2, -0.15) is 0 Å². The lowest BCUT2D eigenvalue weighted by Gasteiger charge is -2.33. The maximum absolute atomic E-state index is 12.4. The summed E-state index contributed by atoms with van der Waals surface area (Å²) in [7, 11) is 0. The Bertz CT molecular complexity index is 1090. The molecular weight excluding hydrogens is 454 g/mol. The summed E-state index contributed by atoms with van der Waals surface area (Å²) in [4.78, 5) is 17.5. The van der Waals surface area contributed by atoms with Crippen LogP contribution in [0.4, 0.5) is 0 Å². The number of aromatic nitrogens is 2. The molecule has 3 aromatic rings. The Morgan fingerprint density at radius 3 is 2.59 bits per heavy atom. The topological polar surface area (TPSA) is 90.7 Å². The summed E-state index contributed by atoms with van der Waals surface area (Å²) in [5.41, 5.74) is 2.86. The normalized spacial score (nSPS) is 15.7. The van der Waals surface area contributed by atoms with Gasteiger partial charge in [0.25, 0.3) is 0 Å². The SMILES string of the molecule is CCCCO.Cc1ccc(OCC(O)CN2CCC(n3c(=O)[nH]c4ccccc43)CC2)c(Cl)c1. The summed E-state index contributed by atoms with van der Waals surface area (Å²) in [5, 5.41) is 19.0. The number of aliphatic hydroxyl groups is 2. The van der Waals surface area contributed by atoms with Gasteiger partial charge in [0.05, 0.1) is 16.1 Å². The van der Waals surface area contributed by atoms with Crippen LogP contribution in [0.2, 0.25) is 5.02 Å². The average molecular weight is 490 g/mol. The van der Waals surface area contributed by atoms with Gasteiger partial charge in [-0.15, -0.1) is 0 Å². The van der Waals surface area contributed by atoms with E-state index in [9.17, 15) is 9.90 Å². The molecule has 0 spiro atoms. The summed E-state index contributed by atoms with van der Waals surface area (Å²) in [6.07, 6.45) is 3.19. The van der Waals surface area contributed by atoms with Crippen LogP contribution in [-0.2, 0) is 0 Å². The van der Waals surface area contributed by atoms with Gasteiger partial charge in [-0.05, 0) is 56.0 Å². The number of β-amino-alcohol motifs (C(OH)–C–C–N with tert-alkyl or cyclic N) is 1. The van der Waals surface area contributed by atoms with Crippen molar-refractivity contribution < 1.29 is 14.9 Å². The van der Waals surface area contributed by atoms with Crippen molar-refractivity contribution in [2.45, 2.75) is 51.7 Å². The molecule has 0 saturated carbocycles. The van der Waals surface area contributed by atoms with Crippen LogP contribution >= 0.6 is 11.6 Å². The van der Waals surface area contributed by atoms with Crippen molar-refractivity contribution in [2.24, 2.45) is 0 Å². The fraction of sp³-hybridized carbons (Fsp3) is 0.500. The molecule has 0 radical (unpaired) electrons. The van der Waals surface area contributed by atoms with Crippen molar-refractivity contribution in [2.75, 3.05) is 32.8 Å². The number of ether oxygens (including phenoxy) is 1. The van der Waals surface area contributed by atoms with E-state index in [2.05, 4.69) is 16.8 Å². The molecule has 0 bridgehead atoms. The van der Waals surface area contributed by atoms with Gasteiger partial charge in [0.1, 0.15) is 18.5 Å². The number of hydrogen-bond donors (Lipinski definition) is 3. The number of hydrogen-bond acceptors (Lipinski definition) is 5. The van der Waals surface area contributed by atoms with E-state index < -0.39 is 6.10 Å². The number of rotatable bonds is 8. The summed E-state index contributed by atoms with van der Waals surface area (Å²) in [6.45, 7) is 6.77. The molecule has 7 nitrogen and oxygen atoms in total. The van der Waals surface area contributed by atoms with Crippen LogP contribution in [0.15, 0.2) is 47.3 Å². The molecule has 1 fully saturated rings. The zero-order valence-electron chi connectivity index (χ0n) is 20.0. The fourth-order valence-electron chi connectivity index (χ4n) is 4.21. The van der Waals surface area contributed by atoms with Gasteiger partial charge in [-0.1, -0.05) is 43.1 Å². The van der Waals surface area contributed by atoms with Gasteiger partial charge in [-0.3, -0.25) is 4.57 Å². The summed E-state index contributed by atoms with van der Waals surface area (Å²) in [5.74, 6) is 0.591. The molecule has 1 atom stereocenters. The third-order valence-electron chi connectivity index (χ3n) is 6.05. The highest BCUT2D eigenvalue weighted by Gasteiger charge is 2.24. The minimum atomic E-state index is -0.597. The number of aliphatic hydroxyl groups excluding tert-OH is 2. The first-order valence-electron chi connectivity index (χ1n) is 12.0. The largest absolute Gasteiger partial charge is 0.489 e. The molecule has 2 heterocycles. The van der Waals surface area contributed by atoms with Crippen LogP contribution in [0.5, 0.6) is 5.75 Å². The van der Waals surface area contributed by atoms with Crippen LogP contribution in [0, 0.1) is 6.92 Å². The van der Waals surface area contributed by atoms with Crippen molar-refractivity contribution in [3.8, 4) is 5.75 Å². The number of fused-ring (bicyclic) bond motifs is 1. The van der Waals surface area contributed by atoms with Crippen molar-refractivity contribution in [1.82, 2.24) is 14.5 Å². The van der Waals surface area contributed by atoms with Gasteiger partial charge in [0.15, 0.2) is 0 Å². The van der Waals surface area contributed by atoms with E-state index in [0.717, 1.165) is 55.4 Å². The highest BCUT2D eigenvalue weighted by molar-refractivity contribution is 6.32.